The Bertz CT molecular complexity index is 269. The van der Waals surface area contributed by atoms with Crippen LogP contribution in [0.3, 0.4) is 0 Å². The molecule has 0 aromatic heterocycles. The summed E-state index contributed by atoms with van der Waals surface area (Å²) in [5.41, 5.74) is -0.0659. The van der Waals surface area contributed by atoms with Crippen LogP contribution in [0.2, 0.25) is 0 Å². The van der Waals surface area contributed by atoms with Crippen molar-refractivity contribution in [3.8, 4) is 0 Å². The molecule has 114 valence electrons. The van der Waals surface area contributed by atoms with Gasteiger partial charge in [-0.2, -0.15) is 0 Å². The van der Waals surface area contributed by atoms with Crippen LogP contribution in [0.25, 0.3) is 0 Å². The third kappa shape index (κ3) is 7.53. The standard InChI is InChI=1S/C15H31NO3/c1-8-15(5,6)16(12-14(2,3)4)13(17)11-19-10-9-18-7/h8-12H2,1-7H3. The molecule has 4 nitrogen and oxygen atoms in total. The summed E-state index contributed by atoms with van der Waals surface area (Å²) in [4.78, 5) is 14.3. The Morgan fingerprint density at radius 1 is 1.11 bits per heavy atom. The zero-order valence-electron chi connectivity index (χ0n) is 13.7. The van der Waals surface area contributed by atoms with Gasteiger partial charge in [-0.3, -0.25) is 4.79 Å². The van der Waals surface area contributed by atoms with Gasteiger partial charge in [0.1, 0.15) is 6.61 Å². The number of carbonyl (C=O) groups is 1. The molecule has 0 heterocycles. The molecule has 0 N–H and O–H groups in total. The molecule has 0 fully saturated rings. The largest absolute Gasteiger partial charge is 0.382 e. The van der Waals surface area contributed by atoms with Crippen LogP contribution in [-0.4, -0.2) is 49.8 Å². The average Bonchev–Trinajstić information content (AvgIpc) is 2.30. The van der Waals surface area contributed by atoms with E-state index < -0.39 is 0 Å². The summed E-state index contributed by atoms with van der Waals surface area (Å²) >= 11 is 0. The maximum absolute atomic E-state index is 12.3. The average molecular weight is 273 g/mol. The maximum Gasteiger partial charge on any atom is 0.249 e. The van der Waals surface area contributed by atoms with Crippen molar-refractivity contribution in [1.29, 1.82) is 0 Å². The molecule has 0 saturated carbocycles. The Kier molecular flexibility index (Phi) is 7.60. The summed E-state index contributed by atoms with van der Waals surface area (Å²) in [5.74, 6) is 0.0536. The van der Waals surface area contributed by atoms with Crippen LogP contribution in [0.4, 0.5) is 0 Å². The topological polar surface area (TPSA) is 38.8 Å². The Hall–Kier alpha value is -0.610. The van der Waals surface area contributed by atoms with Crippen LogP contribution in [0.5, 0.6) is 0 Å². The molecule has 0 atom stereocenters. The zero-order valence-corrected chi connectivity index (χ0v) is 13.7. The van der Waals surface area contributed by atoms with Crippen LogP contribution in [-0.2, 0) is 14.3 Å². The van der Waals surface area contributed by atoms with Gasteiger partial charge in [0, 0.05) is 19.2 Å². The van der Waals surface area contributed by atoms with Crippen LogP contribution in [0.15, 0.2) is 0 Å². The van der Waals surface area contributed by atoms with Crippen molar-refractivity contribution in [2.75, 3.05) is 33.5 Å². The summed E-state index contributed by atoms with van der Waals surface area (Å²) in [5, 5.41) is 0. The Morgan fingerprint density at radius 3 is 2.11 bits per heavy atom. The molecular formula is C15H31NO3. The van der Waals surface area contributed by atoms with E-state index in [1.807, 2.05) is 4.90 Å². The Morgan fingerprint density at radius 2 is 1.68 bits per heavy atom. The van der Waals surface area contributed by atoms with Crippen molar-refractivity contribution in [3.05, 3.63) is 0 Å². The molecule has 19 heavy (non-hydrogen) atoms. The summed E-state index contributed by atoms with van der Waals surface area (Å²) in [6.45, 7) is 14.6. The van der Waals surface area contributed by atoms with E-state index in [0.29, 0.717) is 13.2 Å². The van der Waals surface area contributed by atoms with Crippen LogP contribution >= 0.6 is 0 Å². The second-order valence-corrected chi connectivity index (χ2v) is 6.75. The Balaban J connectivity index is 4.61. The van der Waals surface area contributed by atoms with Crippen LogP contribution in [0.1, 0.15) is 48.0 Å². The van der Waals surface area contributed by atoms with E-state index in [4.69, 9.17) is 9.47 Å². The summed E-state index contributed by atoms with van der Waals surface area (Å²) in [6.07, 6.45) is 0.924. The van der Waals surface area contributed by atoms with Crippen LogP contribution in [0, 0.1) is 5.41 Å². The van der Waals surface area contributed by atoms with Gasteiger partial charge in [0.25, 0.3) is 0 Å². The van der Waals surface area contributed by atoms with Gasteiger partial charge in [-0.25, -0.2) is 0 Å². The number of hydrogen-bond acceptors (Lipinski definition) is 3. The molecule has 0 radical (unpaired) electrons. The summed E-state index contributed by atoms with van der Waals surface area (Å²) < 4.78 is 10.3. The smallest absolute Gasteiger partial charge is 0.249 e. The molecule has 0 aliphatic carbocycles. The fourth-order valence-corrected chi connectivity index (χ4v) is 1.68. The van der Waals surface area contributed by atoms with Gasteiger partial charge in [-0.05, 0) is 25.7 Å². The predicted octanol–water partition coefficient (Wildman–Crippen LogP) is 2.71. The van der Waals surface area contributed by atoms with E-state index >= 15 is 0 Å². The van der Waals surface area contributed by atoms with Gasteiger partial charge >= 0.3 is 0 Å². The van der Waals surface area contributed by atoms with Crippen LogP contribution < -0.4 is 0 Å². The molecule has 0 rings (SSSR count). The van der Waals surface area contributed by atoms with E-state index in [2.05, 4.69) is 41.5 Å². The van der Waals surface area contributed by atoms with Crippen molar-refractivity contribution in [1.82, 2.24) is 4.90 Å². The minimum absolute atomic E-state index is 0.0536. The predicted molar refractivity (Wildman–Crippen MR) is 78.2 cm³/mol. The SMILES string of the molecule is CCC(C)(C)N(CC(C)(C)C)C(=O)COCCOC. The number of methoxy groups -OCH3 is 1. The molecule has 0 aromatic rings. The molecule has 0 spiro atoms. The lowest BCUT2D eigenvalue weighted by Gasteiger charge is -2.41. The first-order valence-electron chi connectivity index (χ1n) is 7.01. The van der Waals surface area contributed by atoms with E-state index in [1.165, 1.54) is 0 Å². The van der Waals surface area contributed by atoms with E-state index in [0.717, 1.165) is 13.0 Å². The second-order valence-electron chi connectivity index (χ2n) is 6.75. The fraction of sp³-hybridized carbons (Fsp3) is 0.933. The first-order chi connectivity index (χ1) is 8.64. The third-order valence-electron chi connectivity index (χ3n) is 3.19. The lowest BCUT2D eigenvalue weighted by Crippen LogP contribution is -2.52. The molecule has 0 unspecified atom stereocenters. The molecule has 1 amide bonds. The highest BCUT2D eigenvalue weighted by Crippen LogP contribution is 2.25. The maximum atomic E-state index is 12.3. The fourth-order valence-electron chi connectivity index (χ4n) is 1.68. The Labute approximate surface area is 118 Å². The lowest BCUT2D eigenvalue weighted by atomic mass is 9.91. The van der Waals surface area contributed by atoms with E-state index in [1.54, 1.807) is 7.11 Å². The van der Waals surface area contributed by atoms with Crippen molar-refractivity contribution >= 4 is 5.91 Å². The van der Waals surface area contributed by atoms with Crippen molar-refractivity contribution in [3.63, 3.8) is 0 Å². The molecule has 0 aliphatic rings. The van der Waals surface area contributed by atoms with Gasteiger partial charge in [0.2, 0.25) is 5.91 Å². The summed E-state index contributed by atoms with van der Waals surface area (Å²) in [6, 6.07) is 0. The van der Waals surface area contributed by atoms with Gasteiger partial charge in [-0.1, -0.05) is 27.7 Å². The van der Waals surface area contributed by atoms with Crippen molar-refractivity contribution < 1.29 is 14.3 Å². The van der Waals surface area contributed by atoms with Gasteiger partial charge in [0.05, 0.1) is 13.2 Å². The highest BCUT2D eigenvalue weighted by atomic mass is 16.5. The first-order valence-corrected chi connectivity index (χ1v) is 7.01. The highest BCUT2D eigenvalue weighted by molar-refractivity contribution is 5.78. The van der Waals surface area contributed by atoms with Gasteiger partial charge in [-0.15, -0.1) is 0 Å². The third-order valence-corrected chi connectivity index (χ3v) is 3.19. The number of rotatable bonds is 8. The summed E-state index contributed by atoms with van der Waals surface area (Å²) in [7, 11) is 1.62. The monoisotopic (exact) mass is 273 g/mol. The quantitative estimate of drug-likeness (QED) is 0.638. The van der Waals surface area contributed by atoms with E-state index in [-0.39, 0.29) is 23.5 Å². The number of hydrogen-bond donors (Lipinski definition) is 0. The number of ether oxygens (including phenoxy) is 2. The molecule has 0 saturated heterocycles. The van der Waals surface area contributed by atoms with Gasteiger partial charge in [0.15, 0.2) is 0 Å². The lowest BCUT2D eigenvalue weighted by molar-refractivity contribution is -0.144. The minimum atomic E-state index is -0.144. The van der Waals surface area contributed by atoms with Gasteiger partial charge < -0.3 is 14.4 Å². The van der Waals surface area contributed by atoms with Crippen molar-refractivity contribution in [2.45, 2.75) is 53.5 Å². The molecule has 0 aliphatic heterocycles. The minimum Gasteiger partial charge on any atom is -0.382 e. The highest BCUT2D eigenvalue weighted by Gasteiger charge is 2.32. The second kappa shape index (κ2) is 7.85. The molecule has 4 heteroatoms. The normalized spacial score (nSPS) is 12.6. The number of amides is 1. The van der Waals surface area contributed by atoms with Crippen molar-refractivity contribution in [2.24, 2.45) is 5.41 Å². The molecular weight excluding hydrogens is 242 g/mol. The number of carbonyl (C=O) groups excluding carboxylic acids is 1. The molecule has 0 aromatic carbocycles. The number of nitrogens with zero attached hydrogens (tertiary/aromatic N) is 1. The first kappa shape index (κ1) is 18.4. The zero-order chi connectivity index (χ0) is 15.1. The van der Waals surface area contributed by atoms with E-state index in [9.17, 15) is 4.79 Å². The molecule has 0 bridgehead atoms.